The van der Waals surface area contributed by atoms with Gasteiger partial charge >= 0.3 is 17.9 Å². The van der Waals surface area contributed by atoms with E-state index in [4.69, 9.17) is 28.4 Å². The monoisotopic (exact) mass is 378 g/mol. The molecular formula is C18H18O9. The highest BCUT2D eigenvalue weighted by Gasteiger charge is 2.30. The van der Waals surface area contributed by atoms with E-state index in [1.807, 2.05) is 0 Å². The highest BCUT2D eigenvalue weighted by molar-refractivity contribution is 6.05. The number of hydrogen-bond acceptors (Lipinski definition) is 9. The third kappa shape index (κ3) is 3.95. The van der Waals surface area contributed by atoms with Gasteiger partial charge in [-0.2, -0.15) is 0 Å². The Bertz CT molecular complexity index is 747. The molecule has 144 valence electrons. The van der Waals surface area contributed by atoms with Crippen LogP contribution in [-0.2, 0) is 28.4 Å². The van der Waals surface area contributed by atoms with Crippen molar-refractivity contribution >= 4 is 17.9 Å². The summed E-state index contributed by atoms with van der Waals surface area (Å²) in [6.45, 7) is 1.92. The molecule has 0 unspecified atom stereocenters. The van der Waals surface area contributed by atoms with E-state index in [-0.39, 0.29) is 35.0 Å². The first-order chi connectivity index (χ1) is 13.1. The molecule has 0 N–H and O–H groups in total. The molecule has 0 bridgehead atoms. The van der Waals surface area contributed by atoms with E-state index in [9.17, 15) is 14.4 Å². The van der Waals surface area contributed by atoms with E-state index >= 15 is 0 Å². The Kier molecular flexibility index (Phi) is 5.06. The lowest BCUT2D eigenvalue weighted by molar-refractivity contribution is -0.105. The van der Waals surface area contributed by atoms with Crippen LogP contribution in [0.1, 0.15) is 31.1 Å². The van der Waals surface area contributed by atoms with Crippen LogP contribution in [-0.4, -0.2) is 75.9 Å². The van der Waals surface area contributed by atoms with E-state index in [1.54, 1.807) is 0 Å². The first kappa shape index (κ1) is 17.9. The van der Waals surface area contributed by atoms with Gasteiger partial charge in [0.15, 0.2) is 0 Å². The fraction of sp³-hybridized carbons (Fsp3) is 0.500. The zero-order valence-electron chi connectivity index (χ0n) is 14.4. The van der Waals surface area contributed by atoms with Crippen molar-refractivity contribution in [1.82, 2.24) is 0 Å². The molecule has 0 atom stereocenters. The highest BCUT2D eigenvalue weighted by Crippen LogP contribution is 2.20. The minimum atomic E-state index is -0.721. The van der Waals surface area contributed by atoms with Crippen LogP contribution in [0, 0.1) is 0 Å². The molecule has 4 rings (SSSR count). The van der Waals surface area contributed by atoms with Crippen LogP contribution in [0.15, 0.2) is 18.2 Å². The Morgan fingerprint density at radius 3 is 1.56 bits per heavy atom. The van der Waals surface area contributed by atoms with Crippen molar-refractivity contribution in [2.45, 2.75) is 18.3 Å². The predicted molar refractivity (Wildman–Crippen MR) is 86.5 cm³/mol. The minimum absolute atomic E-state index is 0.0238. The number of hydrogen-bond donors (Lipinski definition) is 0. The van der Waals surface area contributed by atoms with E-state index in [1.165, 1.54) is 18.2 Å². The van der Waals surface area contributed by atoms with E-state index in [2.05, 4.69) is 0 Å². The van der Waals surface area contributed by atoms with Gasteiger partial charge in [-0.1, -0.05) is 0 Å². The summed E-state index contributed by atoms with van der Waals surface area (Å²) in [6, 6.07) is 4.07. The molecule has 3 aliphatic rings. The largest absolute Gasteiger partial charge is 0.454 e. The van der Waals surface area contributed by atoms with Crippen molar-refractivity contribution in [1.29, 1.82) is 0 Å². The van der Waals surface area contributed by atoms with Crippen molar-refractivity contribution in [2.75, 3.05) is 39.6 Å². The van der Waals surface area contributed by atoms with E-state index < -0.39 is 17.9 Å². The molecule has 0 radical (unpaired) electrons. The SMILES string of the molecule is O=C(OC1COC1)c1ccc(C(=O)OC2COC2)c(C(=O)OC2COC2)c1. The summed E-state index contributed by atoms with van der Waals surface area (Å²) in [4.78, 5) is 37.2. The quantitative estimate of drug-likeness (QED) is 0.512. The fourth-order valence-corrected chi connectivity index (χ4v) is 2.51. The maximum absolute atomic E-state index is 12.5. The average molecular weight is 378 g/mol. The molecule has 1 aromatic carbocycles. The molecular weight excluding hydrogens is 360 g/mol. The van der Waals surface area contributed by atoms with Gasteiger partial charge in [-0.3, -0.25) is 0 Å². The summed E-state index contributed by atoms with van der Waals surface area (Å²) in [5.41, 5.74) is 0.115. The molecule has 0 amide bonds. The Hall–Kier alpha value is -2.49. The Balaban J connectivity index is 1.54. The molecule has 3 aliphatic heterocycles. The number of carbonyl (C=O) groups is 3. The summed E-state index contributed by atoms with van der Waals surface area (Å²) < 4.78 is 30.7. The zero-order valence-corrected chi connectivity index (χ0v) is 14.4. The van der Waals surface area contributed by atoms with Crippen LogP contribution in [0.3, 0.4) is 0 Å². The Labute approximate surface area is 154 Å². The van der Waals surface area contributed by atoms with Crippen LogP contribution in [0.2, 0.25) is 0 Å². The fourth-order valence-electron chi connectivity index (χ4n) is 2.51. The van der Waals surface area contributed by atoms with Gasteiger partial charge in [0, 0.05) is 0 Å². The first-order valence-electron chi connectivity index (χ1n) is 8.60. The molecule has 27 heavy (non-hydrogen) atoms. The van der Waals surface area contributed by atoms with Crippen LogP contribution < -0.4 is 0 Å². The summed E-state index contributed by atoms with van der Waals surface area (Å²) in [5.74, 6) is -1.99. The topological polar surface area (TPSA) is 107 Å². The Morgan fingerprint density at radius 1 is 0.667 bits per heavy atom. The highest BCUT2D eigenvalue weighted by atomic mass is 16.6. The summed E-state index contributed by atoms with van der Waals surface area (Å²) in [5, 5.41) is 0. The van der Waals surface area contributed by atoms with Crippen LogP contribution in [0.5, 0.6) is 0 Å². The Morgan fingerprint density at radius 2 is 1.11 bits per heavy atom. The first-order valence-corrected chi connectivity index (χ1v) is 8.60. The molecule has 1 aromatic rings. The third-order valence-corrected chi connectivity index (χ3v) is 4.34. The van der Waals surface area contributed by atoms with Crippen LogP contribution in [0.25, 0.3) is 0 Å². The van der Waals surface area contributed by atoms with Gasteiger partial charge in [-0.15, -0.1) is 0 Å². The molecule has 9 nitrogen and oxygen atoms in total. The van der Waals surface area contributed by atoms with E-state index in [0.717, 1.165) is 0 Å². The third-order valence-electron chi connectivity index (χ3n) is 4.34. The van der Waals surface area contributed by atoms with E-state index in [0.29, 0.717) is 39.6 Å². The molecule has 9 heteroatoms. The lowest BCUT2D eigenvalue weighted by Crippen LogP contribution is -2.39. The van der Waals surface area contributed by atoms with Crippen LogP contribution in [0.4, 0.5) is 0 Å². The van der Waals surface area contributed by atoms with Gasteiger partial charge in [0.2, 0.25) is 0 Å². The van der Waals surface area contributed by atoms with Crippen molar-refractivity contribution in [2.24, 2.45) is 0 Å². The molecule has 3 heterocycles. The second kappa shape index (κ2) is 7.63. The second-order valence-corrected chi connectivity index (χ2v) is 6.45. The number of benzene rings is 1. The van der Waals surface area contributed by atoms with Gasteiger partial charge < -0.3 is 28.4 Å². The molecule has 3 fully saturated rings. The van der Waals surface area contributed by atoms with Crippen molar-refractivity contribution in [3.8, 4) is 0 Å². The molecule has 0 aromatic heterocycles. The van der Waals surface area contributed by atoms with Gasteiger partial charge in [0.05, 0.1) is 56.3 Å². The normalized spacial score (nSPS) is 20.0. The number of carbonyl (C=O) groups excluding carboxylic acids is 3. The second-order valence-electron chi connectivity index (χ2n) is 6.45. The van der Waals surface area contributed by atoms with Gasteiger partial charge in [0.25, 0.3) is 0 Å². The minimum Gasteiger partial charge on any atom is -0.454 e. The number of esters is 3. The molecule has 3 saturated heterocycles. The maximum atomic E-state index is 12.5. The van der Waals surface area contributed by atoms with Crippen molar-refractivity contribution in [3.63, 3.8) is 0 Å². The lowest BCUT2D eigenvalue weighted by atomic mass is 10.0. The average Bonchev–Trinajstić information content (AvgIpc) is 2.56. The summed E-state index contributed by atoms with van der Waals surface area (Å²) in [7, 11) is 0. The van der Waals surface area contributed by atoms with Crippen molar-refractivity contribution in [3.05, 3.63) is 34.9 Å². The maximum Gasteiger partial charge on any atom is 0.339 e. The predicted octanol–water partition coefficient (Wildman–Crippen LogP) is 0.353. The van der Waals surface area contributed by atoms with Gasteiger partial charge in [-0.25, -0.2) is 14.4 Å². The summed E-state index contributed by atoms with van der Waals surface area (Å²) >= 11 is 0. The van der Waals surface area contributed by atoms with Crippen LogP contribution >= 0.6 is 0 Å². The van der Waals surface area contributed by atoms with Crippen molar-refractivity contribution < 1.29 is 42.8 Å². The molecule has 0 aliphatic carbocycles. The van der Waals surface area contributed by atoms with Gasteiger partial charge in [-0.05, 0) is 18.2 Å². The zero-order chi connectivity index (χ0) is 18.8. The smallest absolute Gasteiger partial charge is 0.339 e. The number of ether oxygens (including phenoxy) is 6. The molecule has 0 saturated carbocycles. The standard InChI is InChI=1S/C18H18O9/c19-16(25-11-4-22-5-11)10-1-2-14(17(20)26-12-6-23-7-12)15(3-10)18(21)27-13-8-24-9-13/h1-3,11-13H,4-9H2. The number of rotatable bonds is 6. The molecule has 0 spiro atoms. The van der Waals surface area contributed by atoms with Gasteiger partial charge in [0.1, 0.15) is 18.3 Å². The summed E-state index contributed by atoms with van der Waals surface area (Å²) in [6.07, 6.45) is -1.02. The lowest BCUT2D eigenvalue weighted by Gasteiger charge is -2.27.